The van der Waals surface area contributed by atoms with E-state index < -0.39 is 11.1 Å². The molecule has 0 aromatic heterocycles. The molecule has 6 heteroatoms. The fraction of sp³-hybridized carbons (Fsp3) is 0.348. The smallest absolute Gasteiger partial charge is 0.261 e. The Balaban J connectivity index is 1.92. The highest BCUT2D eigenvalue weighted by Crippen LogP contribution is 2.49. The number of fused-ring (bicyclic) bond motifs is 2. The van der Waals surface area contributed by atoms with Crippen LogP contribution in [-0.4, -0.2) is 29.4 Å². The van der Waals surface area contributed by atoms with Gasteiger partial charge in [0.05, 0.1) is 11.6 Å². The zero-order valence-corrected chi connectivity index (χ0v) is 17.1. The summed E-state index contributed by atoms with van der Waals surface area (Å²) in [5, 5.41) is 9.39. The molecule has 4 rings (SSSR count). The van der Waals surface area contributed by atoms with E-state index in [1.165, 1.54) is 4.90 Å². The SMILES string of the molecule is CCc1cc(C#N)cc(-c2ccc3c(c2)C2(CC(C)(C)O3)N=C(N)N(C)C2=O)c1. The molecule has 2 aliphatic heterocycles. The van der Waals surface area contributed by atoms with Crippen molar-refractivity contribution in [3.8, 4) is 22.9 Å². The number of nitriles is 1. The highest BCUT2D eigenvalue weighted by molar-refractivity contribution is 6.07. The fourth-order valence-corrected chi connectivity index (χ4v) is 4.28. The van der Waals surface area contributed by atoms with Crippen LogP contribution in [0.15, 0.2) is 41.4 Å². The second kappa shape index (κ2) is 6.35. The van der Waals surface area contributed by atoms with E-state index in [1.54, 1.807) is 7.05 Å². The van der Waals surface area contributed by atoms with Gasteiger partial charge in [-0.15, -0.1) is 0 Å². The van der Waals surface area contributed by atoms with Gasteiger partial charge in [0, 0.05) is 19.0 Å². The summed E-state index contributed by atoms with van der Waals surface area (Å²) in [4.78, 5) is 19.2. The maximum Gasteiger partial charge on any atom is 0.261 e. The zero-order valence-electron chi connectivity index (χ0n) is 17.1. The summed E-state index contributed by atoms with van der Waals surface area (Å²) < 4.78 is 6.17. The van der Waals surface area contributed by atoms with Gasteiger partial charge in [0.2, 0.25) is 0 Å². The summed E-state index contributed by atoms with van der Waals surface area (Å²) in [6.45, 7) is 5.96. The molecule has 0 fully saturated rings. The molecule has 148 valence electrons. The summed E-state index contributed by atoms with van der Waals surface area (Å²) in [6, 6.07) is 13.9. The van der Waals surface area contributed by atoms with Crippen molar-refractivity contribution in [1.82, 2.24) is 4.90 Å². The molecule has 0 aliphatic carbocycles. The van der Waals surface area contributed by atoms with Crippen molar-refractivity contribution >= 4 is 11.9 Å². The molecule has 0 radical (unpaired) electrons. The number of aryl methyl sites for hydroxylation is 1. The number of ether oxygens (including phenoxy) is 1. The van der Waals surface area contributed by atoms with Gasteiger partial charge in [0.25, 0.3) is 5.91 Å². The van der Waals surface area contributed by atoms with Crippen molar-refractivity contribution < 1.29 is 9.53 Å². The zero-order chi connectivity index (χ0) is 21.0. The number of amides is 1. The minimum absolute atomic E-state index is 0.148. The van der Waals surface area contributed by atoms with Crippen molar-refractivity contribution in [3.63, 3.8) is 0 Å². The molecule has 0 bridgehead atoms. The second-order valence-electron chi connectivity index (χ2n) is 8.33. The largest absolute Gasteiger partial charge is 0.487 e. The summed E-state index contributed by atoms with van der Waals surface area (Å²) >= 11 is 0. The molecule has 0 saturated carbocycles. The normalized spacial score (nSPS) is 22.1. The molecule has 1 amide bonds. The quantitative estimate of drug-likeness (QED) is 0.854. The van der Waals surface area contributed by atoms with Gasteiger partial charge >= 0.3 is 0 Å². The third-order valence-corrected chi connectivity index (χ3v) is 5.66. The van der Waals surface area contributed by atoms with E-state index in [2.05, 4.69) is 24.1 Å². The number of carbonyl (C=O) groups excluding carboxylic acids is 1. The summed E-state index contributed by atoms with van der Waals surface area (Å²) in [5.74, 6) is 0.700. The first-order valence-corrected chi connectivity index (χ1v) is 9.70. The van der Waals surface area contributed by atoms with Crippen LogP contribution in [0.1, 0.15) is 43.9 Å². The molecule has 1 atom stereocenters. The minimum Gasteiger partial charge on any atom is -0.487 e. The van der Waals surface area contributed by atoms with Crippen LogP contribution in [0, 0.1) is 11.3 Å². The molecule has 2 N–H and O–H groups in total. The number of hydrogen-bond acceptors (Lipinski definition) is 5. The predicted molar refractivity (Wildman–Crippen MR) is 111 cm³/mol. The van der Waals surface area contributed by atoms with E-state index in [1.807, 2.05) is 44.2 Å². The number of rotatable bonds is 2. The molecular formula is C23H24N4O2. The van der Waals surface area contributed by atoms with E-state index in [0.29, 0.717) is 23.3 Å². The number of benzene rings is 2. The van der Waals surface area contributed by atoms with E-state index in [4.69, 9.17) is 10.5 Å². The topological polar surface area (TPSA) is 91.7 Å². The Labute approximate surface area is 170 Å². The summed E-state index contributed by atoms with van der Waals surface area (Å²) in [5.41, 5.74) is 8.63. The van der Waals surface area contributed by atoms with Gasteiger partial charge in [-0.1, -0.05) is 19.1 Å². The summed E-state index contributed by atoms with van der Waals surface area (Å²) in [6.07, 6.45) is 1.23. The summed E-state index contributed by atoms with van der Waals surface area (Å²) in [7, 11) is 1.64. The molecule has 6 nitrogen and oxygen atoms in total. The number of likely N-dealkylation sites (N-methyl/N-ethyl adjacent to an activating group) is 1. The second-order valence-corrected chi connectivity index (χ2v) is 8.33. The lowest BCUT2D eigenvalue weighted by atomic mass is 9.77. The molecule has 2 aromatic rings. The number of aliphatic imine (C=N–C) groups is 1. The standard InChI is InChI=1S/C23H24N4O2/c1-5-14-8-15(12-24)10-17(9-14)16-6-7-19-18(11-16)23(13-22(2,3)29-19)20(28)27(4)21(25)26-23/h6-11H,5,13H2,1-4H3,(H2,25,26). The Morgan fingerprint density at radius 1 is 1.24 bits per heavy atom. The molecule has 2 aromatic carbocycles. The van der Waals surface area contributed by atoms with Gasteiger partial charge in [-0.2, -0.15) is 5.26 Å². The molecule has 1 unspecified atom stereocenters. The van der Waals surface area contributed by atoms with Gasteiger partial charge in [-0.05, 0) is 61.2 Å². The fourth-order valence-electron chi connectivity index (χ4n) is 4.28. The number of hydrogen-bond donors (Lipinski definition) is 1. The number of nitrogens with zero attached hydrogens (tertiary/aromatic N) is 3. The van der Waals surface area contributed by atoms with Gasteiger partial charge in [-0.25, -0.2) is 4.99 Å². The Morgan fingerprint density at radius 2 is 2.00 bits per heavy atom. The Kier molecular flexibility index (Phi) is 4.16. The van der Waals surface area contributed by atoms with E-state index in [9.17, 15) is 10.1 Å². The Bertz CT molecular complexity index is 1100. The first-order valence-electron chi connectivity index (χ1n) is 9.70. The third-order valence-electron chi connectivity index (χ3n) is 5.66. The average molecular weight is 388 g/mol. The Morgan fingerprint density at radius 3 is 2.62 bits per heavy atom. The van der Waals surface area contributed by atoms with Gasteiger partial charge in [0.1, 0.15) is 11.4 Å². The van der Waals surface area contributed by atoms with Crippen LogP contribution < -0.4 is 10.5 Å². The maximum atomic E-state index is 13.2. The van der Waals surface area contributed by atoms with Crippen molar-refractivity contribution in [3.05, 3.63) is 53.1 Å². The van der Waals surface area contributed by atoms with Crippen LogP contribution in [0.5, 0.6) is 5.75 Å². The van der Waals surface area contributed by atoms with Crippen molar-refractivity contribution in [2.75, 3.05) is 7.05 Å². The van der Waals surface area contributed by atoms with Crippen LogP contribution in [0.2, 0.25) is 0 Å². The highest BCUT2D eigenvalue weighted by atomic mass is 16.5. The molecule has 1 spiro atoms. The molecule has 2 aliphatic rings. The van der Waals surface area contributed by atoms with Crippen molar-refractivity contribution in [2.24, 2.45) is 10.7 Å². The van der Waals surface area contributed by atoms with Crippen LogP contribution in [0.4, 0.5) is 0 Å². The lowest BCUT2D eigenvalue weighted by molar-refractivity contribution is -0.133. The molecule has 2 heterocycles. The van der Waals surface area contributed by atoms with E-state index in [0.717, 1.165) is 23.1 Å². The van der Waals surface area contributed by atoms with Crippen molar-refractivity contribution in [2.45, 2.75) is 44.8 Å². The number of nitrogens with two attached hydrogens (primary N) is 1. The number of carbonyl (C=O) groups is 1. The monoisotopic (exact) mass is 388 g/mol. The minimum atomic E-state index is -1.09. The van der Waals surface area contributed by atoms with Gasteiger partial charge in [-0.3, -0.25) is 9.69 Å². The average Bonchev–Trinajstić information content (AvgIpc) is 2.90. The van der Waals surface area contributed by atoms with Crippen LogP contribution in [-0.2, 0) is 16.8 Å². The van der Waals surface area contributed by atoms with E-state index in [-0.39, 0.29) is 11.9 Å². The van der Waals surface area contributed by atoms with Gasteiger partial charge in [0.15, 0.2) is 11.5 Å². The highest BCUT2D eigenvalue weighted by Gasteiger charge is 2.55. The Hall–Kier alpha value is -3.33. The lowest BCUT2D eigenvalue weighted by Gasteiger charge is -2.41. The molecule has 0 saturated heterocycles. The first-order chi connectivity index (χ1) is 13.7. The van der Waals surface area contributed by atoms with Crippen LogP contribution in [0.3, 0.4) is 0 Å². The van der Waals surface area contributed by atoms with Crippen LogP contribution >= 0.6 is 0 Å². The van der Waals surface area contributed by atoms with Crippen molar-refractivity contribution in [1.29, 1.82) is 5.26 Å². The maximum absolute atomic E-state index is 13.2. The van der Waals surface area contributed by atoms with E-state index >= 15 is 0 Å². The first kappa shape index (κ1) is 19.0. The molecule has 29 heavy (non-hydrogen) atoms. The third kappa shape index (κ3) is 2.94. The lowest BCUT2D eigenvalue weighted by Crippen LogP contribution is -2.49. The molecular weight excluding hydrogens is 364 g/mol. The number of guanidine groups is 1. The predicted octanol–water partition coefficient (Wildman–Crippen LogP) is 3.33. The van der Waals surface area contributed by atoms with Crippen LogP contribution in [0.25, 0.3) is 11.1 Å². The van der Waals surface area contributed by atoms with Gasteiger partial charge < -0.3 is 10.5 Å².